The Balaban J connectivity index is 1.58. The van der Waals surface area contributed by atoms with E-state index in [1.165, 1.54) is 32.1 Å². The molecule has 0 radical (unpaired) electrons. The Hall–Kier alpha value is -1.36. The van der Waals surface area contributed by atoms with Gasteiger partial charge in [-0.3, -0.25) is 9.59 Å². The maximum absolute atomic E-state index is 12.7. The number of nitrogens with zero attached hydrogens (tertiary/aromatic N) is 1. The van der Waals surface area contributed by atoms with Crippen molar-refractivity contribution in [3.8, 4) is 0 Å². The third-order valence-corrected chi connectivity index (χ3v) is 5.73. The molecule has 1 heterocycles. The lowest BCUT2D eigenvalue weighted by molar-refractivity contribution is -0.125. The van der Waals surface area contributed by atoms with E-state index in [0.29, 0.717) is 18.0 Å². The van der Waals surface area contributed by atoms with Gasteiger partial charge in [-0.15, -0.1) is 0 Å². The number of hydrogen-bond acceptors (Lipinski definition) is 2. The van der Waals surface area contributed by atoms with E-state index in [1.807, 2.05) is 24.3 Å². The quantitative estimate of drug-likeness (QED) is 0.847. The summed E-state index contributed by atoms with van der Waals surface area (Å²) in [6.07, 6.45) is 7.96. The van der Waals surface area contributed by atoms with Crippen LogP contribution in [-0.4, -0.2) is 35.8 Å². The van der Waals surface area contributed by atoms with Crippen LogP contribution in [0.3, 0.4) is 0 Å². The van der Waals surface area contributed by atoms with Crippen LogP contribution >= 0.6 is 15.9 Å². The Morgan fingerprint density at radius 1 is 1.04 bits per heavy atom. The fraction of sp³-hybridized carbons (Fsp3) is 0.579. The summed E-state index contributed by atoms with van der Waals surface area (Å²) in [5.41, 5.74) is 0.644. The second kappa shape index (κ2) is 8.15. The molecule has 3 rings (SSSR count). The Morgan fingerprint density at radius 3 is 2.46 bits per heavy atom. The number of benzene rings is 1. The van der Waals surface area contributed by atoms with Gasteiger partial charge in [-0.2, -0.15) is 0 Å². The second-order valence-corrected chi connectivity index (χ2v) is 7.83. The highest BCUT2D eigenvalue weighted by Crippen LogP contribution is 2.24. The summed E-state index contributed by atoms with van der Waals surface area (Å²) in [7, 11) is 0. The molecule has 0 aromatic heterocycles. The van der Waals surface area contributed by atoms with Crippen molar-refractivity contribution in [1.29, 1.82) is 0 Å². The van der Waals surface area contributed by atoms with Gasteiger partial charge in [-0.05, 0) is 55.9 Å². The molecule has 1 aliphatic carbocycles. The Morgan fingerprint density at radius 2 is 1.75 bits per heavy atom. The number of rotatable bonds is 4. The van der Waals surface area contributed by atoms with Gasteiger partial charge in [0.25, 0.3) is 5.91 Å². The highest BCUT2D eigenvalue weighted by molar-refractivity contribution is 9.10. The summed E-state index contributed by atoms with van der Waals surface area (Å²) in [5.74, 6) is 0.584. The predicted molar refractivity (Wildman–Crippen MR) is 97.8 cm³/mol. The first-order valence-electron chi connectivity index (χ1n) is 8.99. The van der Waals surface area contributed by atoms with Gasteiger partial charge in [0.2, 0.25) is 5.91 Å². The van der Waals surface area contributed by atoms with Crippen molar-refractivity contribution >= 4 is 27.7 Å². The molecule has 2 aliphatic rings. The van der Waals surface area contributed by atoms with Crippen molar-refractivity contribution in [1.82, 2.24) is 10.2 Å². The Labute approximate surface area is 152 Å². The monoisotopic (exact) mass is 392 g/mol. The summed E-state index contributed by atoms with van der Waals surface area (Å²) in [5, 5.41) is 3.10. The summed E-state index contributed by atoms with van der Waals surface area (Å²) >= 11 is 3.38. The van der Waals surface area contributed by atoms with Crippen molar-refractivity contribution in [3.63, 3.8) is 0 Å². The van der Waals surface area contributed by atoms with Gasteiger partial charge < -0.3 is 10.2 Å². The zero-order valence-corrected chi connectivity index (χ0v) is 15.6. The lowest BCUT2D eigenvalue weighted by Crippen LogP contribution is -2.47. The van der Waals surface area contributed by atoms with E-state index >= 15 is 0 Å². The molecular formula is C19H25BrN2O2. The van der Waals surface area contributed by atoms with E-state index in [9.17, 15) is 9.59 Å². The minimum atomic E-state index is -0.315. The van der Waals surface area contributed by atoms with Crippen LogP contribution in [0.15, 0.2) is 28.7 Å². The number of nitrogens with one attached hydrogen (secondary N) is 1. The third kappa shape index (κ3) is 4.18. The van der Waals surface area contributed by atoms with Crippen LogP contribution in [-0.2, 0) is 4.79 Å². The Kier molecular flexibility index (Phi) is 5.93. The smallest absolute Gasteiger partial charge is 0.254 e. The number of carbonyl (C=O) groups excluding carboxylic acids is 2. The third-order valence-electron chi connectivity index (χ3n) is 5.20. The van der Waals surface area contributed by atoms with E-state index in [-0.39, 0.29) is 17.9 Å². The Bertz CT molecular complexity index is 582. The molecule has 4 nitrogen and oxygen atoms in total. The van der Waals surface area contributed by atoms with Crippen LogP contribution in [0.1, 0.15) is 55.3 Å². The molecule has 0 spiro atoms. The SMILES string of the molecule is O=C(NCC1CCCCC1)C1CCCN1C(=O)c1ccc(Br)cc1. The van der Waals surface area contributed by atoms with Gasteiger partial charge in [0.1, 0.15) is 6.04 Å². The van der Waals surface area contributed by atoms with Crippen LogP contribution in [0.4, 0.5) is 0 Å². The maximum Gasteiger partial charge on any atom is 0.254 e. The van der Waals surface area contributed by atoms with E-state index in [4.69, 9.17) is 0 Å². The first-order chi connectivity index (χ1) is 11.6. The fourth-order valence-electron chi connectivity index (χ4n) is 3.79. The van der Waals surface area contributed by atoms with Gasteiger partial charge in [0.15, 0.2) is 0 Å². The van der Waals surface area contributed by atoms with Crippen molar-refractivity contribution in [3.05, 3.63) is 34.3 Å². The van der Waals surface area contributed by atoms with Crippen molar-refractivity contribution in [2.45, 2.75) is 51.0 Å². The predicted octanol–water partition coefficient (Wildman–Crippen LogP) is 3.75. The summed E-state index contributed by atoms with van der Waals surface area (Å²) < 4.78 is 0.947. The topological polar surface area (TPSA) is 49.4 Å². The van der Waals surface area contributed by atoms with Crippen LogP contribution in [0.5, 0.6) is 0 Å². The molecule has 1 aliphatic heterocycles. The van der Waals surface area contributed by atoms with Crippen LogP contribution in [0.2, 0.25) is 0 Å². The molecule has 5 heteroatoms. The number of likely N-dealkylation sites (tertiary alicyclic amines) is 1. The molecule has 1 saturated heterocycles. The first kappa shape index (κ1) is 17.5. The lowest BCUT2D eigenvalue weighted by atomic mass is 9.89. The van der Waals surface area contributed by atoms with Gasteiger partial charge in [-0.1, -0.05) is 35.2 Å². The molecule has 1 unspecified atom stereocenters. The number of halogens is 1. The standard InChI is InChI=1S/C19H25BrN2O2/c20-16-10-8-15(9-11-16)19(24)22-12-4-7-17(22)18(23)21-13-14-5-2-1-3-6-14/h8-11,14,17H,1-7,12-13H2,(H,21,23). The summed E-state index contributed by atoms with van der Waals surface area (Å²) in [4.78, 5) is 27.0. The van der Waals surface area contributed by atoms with E-state index in [2.05, 4.69) is 21.2 Å². The second-order valence-electron chi connectivity index (χ2n) is 6.91. The van der Waals surface area contributed by atoms with Crippen molar-refractivity contribution in [2.75, 3.05) is 13.1 Å². The molecule has 2 fully saturated rings. The summed E-state index contributed by atoms with van der Waals surface area (Å²) in [6, 6.07) is 7.02. The molecule has 1 atom stereocenters. The highest BCUT2D eigenvalue weighted by atomic mass is 79.9. The number of hydrogen-bond donors (Lipinski definition) is 1. The van der Waals surface area contributed by atoms with Crippen LogP contribution in [0, 0.1) is 5.92 Å². The van der Waals surface area contributed by atoms with Gasteiger partial charge in [-0.25, -0.2) is 0 Å². The number of amides is 2. The molecule has 24 heavy (non-hydrogen) atoms. The molecule has 1 aromatic rings. The molecule has 2 amide bonds. The normalized spacial score (nSPS) is 21.7. The average molecular weight is 393 g/mol. The largest absolute Gasteiger partial charge is 0.354 e. The van der Waals surface area contributed by atoms with E-state index < -0.39 is 0 Å². The zero-order chi connectivity index (χ0) is 16.9. The minimum absolute atomic E-state index is 0.0172. The zero-order valence-electron chi connectivity index (χ0n) is 14.0. The van der Waals surface area contributed by atoms with Gasteiger partial charge >= 0.3 is 0 Å². The van der Waals surface area contributed by atoms with E-state index in [1.54, 1.807) is 4.90 Å². The van der Waals surface area contributed by atoms with Gasteiger partial charge in [0, 0.05) is 23.1 Å². The molecule has 130 valence electrons. The molecule has 0 bridgehead atoms. The summed E-state index contributed by atoms with van der Waals surface area (Å²) in [6.45, 7) is 1.42. The molecular weight excluding hydrogens is 368 g/mol. The molecule has 1 saturated carbocycles. The van der Waals surface area contributed by atoms with Crippen LogP contribution < -0.4 is 5.32 Å². The minimum Gasteiger partial charge on any atom is -0.354 e. The molecule has 1 N–H and O–H groups in total. The lowest BCUT2D eigenvalue weighted by Gasteiger charge is -2.26. The fourth-order valence-corrected chi connectivity index (χ4v) is 4.06. The maximum atomic E-state index is 12.7. The van der Waals surface area contributed by atoms with E-state index in [0.717, 1.165) is 23.9 Å². The number of carbonyl (C=O) groups is 2. The molecule has 1 aromatic carbocycles. The van der Waals surface area contributed by atoms with Crippen LogP contribution in [0.25, 0.3) is 0 Å². The highest BCUT2D eigenvalue weighted by Gasteiger charge is 2.34. The van der Waals surface area contributed by atoms with Crippen molar-refractivity contribution in [2.24, 2.45) is 5.92 Å². The van der Waals surface area contributed by atoms with Gasteiger partial charge in [0.05, 0.1) is 0 Å². The average Bonchev–Trinajstić information content (AvgIpc) is 3.10. The first-order valence-corrected chi connectivity index (χ1v) is 9.78. The van der Waals surface area contributed by atoms with Crippen molar-refractivity contribution < 1.29 is 9.59 Å².